The Morgan fingerprint density at radius 1 is 0.905 bits per heavy atom. The fourth-order valence-corrected chi connectivity index (χ4v) is 6.15. The van der Waals surface area contributed by atoms with Gasteiger partial charge in [0.15, 0.2) is 11.6 Å². The molecule has 0 fully saturated rings. The van der Waals surface area contributed by atoms with E-state index in [-0.39, 0.29) is 23.2 Å². The summed E-state index contributed by atoms with van der Waals surface area (Å²) in [4.78, 5) is 26.3. The molecule has 0 aliphatic heterocycles. The highest BCUT2D eigenvalue weighted by molar-refractivity contribution is 9.10. The number of anilines is 2. The number of hydrogen-bond acceptors (Lipinski definition) is 8. The first-order chi connectivity index (χ1) is 19.9. The number of benzene rings is 2. The number of aromatic nitrogens is 6. The first kappa shape index (κ1) is 31.8. The molecule has 12 heteroatoms. The van der Waals surface area contributed by atoms with E-state index in [2.05, 4.69) is 54.0 Å². The summed E-state index contributed by atoms with van der Waals surface area (Å²) in [5.74, 6) is 2.25. The van der Waals surface area contributed by atoms with Crippen molar-refractivity contribution in [2.75, 3.05) is 17.8 Å². The molecule has 0 unspecified atom stereocenters. The van der Waals surface area contributed by atoms with Gasteiger partial charge in [0, 0.05) is 33.2 Å². The van der Waals surface area contributed by atoms with E-state index in [1.807, 2.05) is 78.1 Å². The molecule has 5 rings (SSSR count). The topological polar surface area (TPSA) is 110 Å². The number of rotatable bonds is 7. The summed E-state index contributed by atoms with van der Waals surface area (Å²) in [6.45, 7) is 11.8. The zero-order valence-corrected chi connectivity index (χ0v) is 28.3. The van der Waals surface area contributed by atoms with Crippen molar-refractivity contribution in [3.63, 3.8) is 0 Å². The molecule has 2 aromatic carbocycles. The molecule has 0 aliphatic rings. The lowest BCUT2D eigenvalue weighted by Gasteiger charge is -2.16. The van der Waals surface area contributed by atoms with Crippen LogP contribution in [0.3, 0.4) is 0 Å². The third kappa shape index (κ3) is 6.76. The van der Waals surface area contributed by atoms with Crippen molar-refractivity contribution in [2.45, 2.75) is 64.3 Å². The number of aromatic amines is 1. The van der Waals surface area contributed by atoms with Crippen LogP contribution in [0.4, 0.5) is 11.6 Å². The van der Waals surface area contributed by atoms with Gasteiger partial charge < -0.3 is 5.32 Å². The SMILES string of the molecule is CSCc1ccc2c(Br)nn(C(C)C)c(=O)c2c1.CSc1cc(C)c2c(Nc3cc(C)[nH]n3)nn(C(C)C)c(=O)c2c1. The van der Waals surface area contributed by atoms with E-state index in [4.69, 9.17) is 0 Å². The molecule has 42 heavy (non-hydrogen) atoms. The highest BCUT2D eigenvalue weighted by atomic mass is 79.9. The van der Waals surface area contributed by atoms with Crippen molar-refractivity contribution >= 4 is 72.6 Å². The van der Waals surface area contributed by atoms with E-state index in [9.17, 15) is 9.59 Å². The summed E-state index contributed by atoms with van der Waals surface area (Å²) in [6, 6.07) is 11.9. The van der Waals surface area contributed by atoms with Gasteiger partial charge in [-0.2, -0.15) is 27.1 Å². The molecule has 0 saturated carbocycles. The molecule has 3 heterocycles. The molecule has 0 spiro atoms. The number of H-pyrrole nitrogens is 1. The van der Waals surface area contributed by atoms with E-state index in [0.717, 1.165) is 42.7 Å². The number of nitrogens with one attached hydrogen (secondary N) is 2. The van der Waals surface area contributed by atoms with Gasteiger partial charge in [0.25, 0.3) is 11.1 Å². The molecule has 0 bridgehead atoms. The summed E-state index contributed by atoms with van der Waals surface area (Å²) in [5.41, 5.74) is 3.06. The van der Waals surface area contributed by atoms with Crippen molar-refractivity contribution < 1.29 is 0 Å². The Balaban J connectivity index is 0.000000201. The Labute approximate surface area is 262 Å². The minimum absolute atomic E-state index is 0.0221. The molecular formula is C30H36BrN7O2S2. The van der Waals surface area contributed by atoms with E-state index in [0.29, 0.717) is 17.0 Å². The van der Waals surface area contributed by atoms with Crippen LogP contribution in [-0.4, -0.2) is 42.3 Å². The monoisotopic (exact) mass is 669 g/mol. The summed E-state index contributed by atoms with van der Waals surface area (Å²) < 4.78 is 3.77. The summed E-state index contributed by atoms with van der Waals surface area (Å²) in [6.07, 6.45) is 4.06. The molecule has 0 radical (unpaired) electrons. The number of aryl methyl sites for hydroxylation is 2. The predicted molar refractivity (Wildman–Crippen MR) is 181 cm³/mol. The van der Waals surface area contributed by atoms with Crippen molar-refractivity contribution in [2.24, 2.45) is 0 Å². The largest absolute Gasteiger partial charge is 0.321 e. The van der Waals surface area contributed by atoms with Gasteiger partial charge in [-0.25, -0.2) is 9.36 Å². The Bertz CT molecular complexity index is 1860. The van der Waals surface area contributed by atoms with Crippen LogP contribution in [0.25, 0.3) is 21.5 Å². The van der Waals surface area contributed by atoms with Gasteiger partial charge in [-0.1, -0.05) is 12.1 Å². The first-order valence-electron chi connectivity index (χ1n) is 13.5. The van der Waals surface area contributed by atoms with E-state index in [1.165, 1.54) is 14.9 Å². The average Bonchev–Trinajstić information content (AvgIpc) is 3.36. The number of halogens is 1. The molecule has 2 N–H and O–H groups in total. The van der Waals surface area contributed by atoms with E-state index < -0.39 is 0 Å². The lowest BCUT2D eigenvalue weighted by Crippen LogP contribution is -2.26. The van der Waals surface area contributed by atoms with Crippen LogP contribution < -0.4 is 16.4 Å². The quantitative estimate of drug-likeness (QED) is 0.173. The number of thioether (sulfide) groups is 2. The van der Waals surface area contributed by atoms with E-state index in [1.54, 1.807) is 23.5 Å². The van der Waals surface area contributed by atoms with Crippen molar-refractivity contribution in [3.8, 4) is 0 Å². The van der Waals surface area contributed by atoms with Crippen LogP contribution in [0.15, 0.2) is 55.5 Å². The Morgan fingerprint density at radius 3 is 2.17 bits per heavy atom. The fourth-order valence-electron chi connectivity index (χ4n) is 4.59. The Hall–Kier alpha value is -3.09. The van der Waals surface area contributed by atoms with Gasteiger partial charge in [-0.05, 0) is 99.3 Å². The third-order valence-corrected chi connectivity index (χ3v) is 8.52. The van der Waals surface area contributed by atoms with Gasteiger partial charge in [-0.15, -0.1) is 11.8 Å². The second-order valence-corrected chi connectivity index (χ2v) is 13.1. The van der Waals surface area contributed by atoms with Gasteiger partial charge in [0.2, 0.25) is 0 Å². The second kappa shape index (κ2) is 13.5. The van der Waals surface area contributed by atoms with Crippen molar-refractivity contribution in [3.05, 3.63) is 78.5 Å². The molecule has 5 aromatic rings. The smallest absolute Gasteiger partial charge is 0.275 e. The van der Waals surface area contributed by atoms with Gasteiger partial charge in [-0.3, -0.25) is 14.7 Å². The molecule has 222 valence electrons. The maximum atomic E-state index is 12.8. The Kier molecular flexibility index (Phi) is 10.2. The first-order valence-corrected chi connectivity index (χ1v) is 17.0. The average molecular weight is 671 g/mol. The number of hydrogen-bond donors (Lipinski definition) is 2. The van der Waals surface area contributed by atoms with Crippen molar-refractivity contribution in [1.82, 2.24) is 29.8 Å². The molecule has 0 amide bonds. The van der Waals surface area contributed by atoms with Crippen LogP contribution in [-0.2, 0) is 5.75 Å². The van der Waals surface area contributed by atoms with Gasteiger partial charge in [0.1, 0.15) is 4.60 Å². The van der Waals surface area contributed by atoms with Gasteiger partial charge >= 0.3 is 0 Å². The summed E-state index contributed by atoms with van der Waals surface area (Å²) >= 11 is 6.81. The molecule has 3 aromatic heterocycles. The maximum absolute atomic E-state index is 12.8. The van der Waals surface area contributed by atoms with Crippen LogP contribution in [0.1, 0.15) is 56.6 Å². The van der Waals surface area contributed by atoms with Crippen LogP contribution in [0.5, 0.6) is 0 Å². The second-order valence-electron chi connectivity index (χ2n) is 10.6. The predicted octanol–water partition coefficient (Wildman–Crippen LogP) is 7.39. The highest BCUT2D eigenvalue weighted by Gasteiger charge is 2.16. The summed E-state index contributed by atoms with van der Waals surface area (Å²) in [7, 11) is 0. The molecule has 0 saturated heterocycles. The zero-order valence-electron chi connectivity index (χ0n) is 25.1. The third-order valence-electron chi connectivity index (χ3n) is 6.61. The maximum Gasteiger partial charge on any atom is 0.275 e. The number of nitrogens with zero attached hydrogens (tertiary/aromatic N) is 5. The normalized spacial score (nSPS) is 11.4. The lowest BCUT2D eigenvalue weighted by molar-refractivity contribution is 0.503. The van der Waals surface area contributed by atoms with E-state index >= 15 is 0 Å². The minimum atomic E-state index is -0.0669. The van der Waals surface area contributed by atoms with Crippen LogP contribution >= 0.6 is 39.5 Å². The standard InChI is InChI=1S/C17H21N5OS.C13H15BrN2OS/c1-9(2)22-17(23)13-8-12(24-5)6-10(3)15(13)16(21-22)18-14-7-11(4)19-20-14;1-8(2)16-13(17)11-6-9(7-18-3)4-5-10(11)12(14)15-16/h6-9H,1-5H3,(H2,18,19,20,21);4-6,8H,7H2,1-3H3. The van der Waals surface area contributed by atoms with Crippen molar-refractivity contribution in [1.29, 1.82) is 0 Å². The highest BCUT2D eigenvalue weighted by Crippen LogP contribution is 2.30. The number of fused-ring (bicyclic) bond motifs is 2. The van der Waals surface area contributed by atoms with Crippen LogP contribution in [0, 0.1) is 13.8 Å². The molecule has 0 atom stereocenters. The zero-order chi connectivity index (χ0) is 30.7. The Morgan fingerprint density at radius 2 is 1.57 bits per heavy atom. The molecule has 9 nitrogen and oxygen atoms in total. The lowest BCUT2D eigenvalue weighted by atomic mass is 10.1. The van der Waals surface area contributed by atoms with Gasteiger partial charge in [0.05, 0.1) is 22.9 Å². The summed E-state index contributed by atoms with van der Waals surface area (Å²) in [5, 5.41) is 22.3. The molecule has 0 aliphatic carbocycles. The molecular weight excluding hydrogens is 634 g/mol. The fraction of sp³-hybridized carbons (Fsp3) is 0.367. The minimum Gasteiger partial charge on any atom is -0.321 e. The van der Waals surface area contributed by atoms with Crippen LogP contribution in [0.2, 0.25) is 0 Å².